The molecule has 0 aliphatic rings. The number of hydrogen-bond donors (Lipinski definition) is 2. The molecule has 0 spiro atoms. The summed E-state index contributed by atoms with van der Waals surface area (Å²) in [5.74, 6) is 0.617. The van der Waals surface area contributed by atoms with Crippen molar-refractivity contribution >= 4 is 17.3 Å². The topological polar surface area (TPSA) is 62.7 Å². The summed E-state index contributed by atoms with van der Waals surface area (Å²) >= 11 is 0. The molecule has 0 unspecified atom stereocenters. The molecule has 2 N–H and O–H groups in total. The van der Waals surface area contributed by atoms with Crippen molar-refractivity contribution in [2.24, 2.45) is 5.10 Å². The van der Waals surface area contributed by atoms with Crippen LogP contribution in [0, 0.1) is 6.92 Å². The van der Waals surface area contributed by atoms with Crippen LogP contribution in [0.2, 0.25) is 0 Å². The first kappa shape index (κ1) is 18.5. The van der Waals surface area contributed by atoms with Crippen LogP contribution in [0.4, 0.5) is 5.69 Å². The van der Waals surface area contributed by atoms with Gasteiger partial charge in [0.05, 0.1) is 12.8 Å². The lowest BCUT2D eigenvalue weighted by molar-refractivity contribution is -0.121. The molecule has 5 nitrogen and oxygen atoms in total. The van der Waals surface area contributed by atoms with Crippen LogP contribution >= 0.6 is 0 Å². The molecule has 0 saturated heterocycles. The molecule has 132 valence electrons. The van der Waals surface area contributed by atoms with E-state index in [-0.39, 0.29) is 11.9 Å². The molecule has 0 fully saturated rings. The smallest absolute Gasteiger partial charge is 0.262 e. The van der Waals surface area contributed by atoms with Gasteiger partial charge in [-0.15, -0.1) is 0 Å². The van der Waals surface area contributed by atoms with Crippen LogP contribution in [0.15, 0.2) is 53.6 Å². The molecule has 0 saturated carbocycles. The number of carbonyl (C=O) groups is 1. The number of rotatable bonds is 7. The first-order valence-electron chi connectivity index (χ1n) is 8.35. The molecule has 0 aliphatic carbocycles. The first-order chi connectivity index (χ1) is 12.0. The van der Waals surface area contributed by atoms with E-state index in [1.807, 2.05) is 69.3 Å². The predicted molar refractivity (Wildman–Crippen MR) is 102 cm³/mol. The van der Waals surface area contributed by atoms with Crippen LogP contribution in [-0.4, -0.2) is 24.8 Å². The van der Waals surface area contributed by atoms with Crippen LogP contribution in [0.1, 0.15) is 31.4 Å². The minimum Gasteiger partial charge on any atom is -0.497 e. The van der Waals surface area contributed by atoms with Gasteiger partial charge < -0.3 is 10.1 Å². The number of methoxy groups -OCH3 is 1. The Labute approximate surface area is 149 Å². The molecule has 1 atom stereocenters. The molecule has 5 heteroatoms. The maximum atomic E-state index is 12.4. The standard InChI is InChI=1S/C20H25N3O2/c1-5-19(21-17-10-12-18(25-4)13-11-17)20(24)23-22-15(3)16-8-6-14(2)7-9-16/h6-13,19,21H,5H2,1-4H3,(H,23,24)/t19-/m0/s1. The largest absolute Gasteiger partial charge is 0.497 e. The summed E-state index contributed by atoms with van der Waals surface area (Å²) in [4.78, 5) is 12.4. The van der Waals surface area contributed by atoms with Crippen molar-refractivity contribution in [3.63, 3.8) is 0 Å². The highest BCUT2D eigenvalue weighted by Crippen LogP contribution is 2.16. The zero-order valence-corrected chi connectivity index (χ0v) is 15.2. The van der Waals surface area contributed by atoms with Gasteiger partial charge in [-0.3, -0.25) is 4.79 Å². The Morgan fingerprint density at radius 3 is 2.32 bits per heavy atom. The molecule has 2 rings (SSSR count). The molecule has 0 bridgehead atoms. The molecule has 2 aromatic carbocycles. The zero-order chi connectivity index (χ0) is 18.2. The van der Waals surface area contributed by atoms with Gasteiger partial charge >= 0.3 is 0 Å². The highest BCUT2D eigenvalue weighted by molar-refractivity contribution is 5.99. The van der Waals surface area contributed by atoms with Crippen molar-refractivity contribution in [1.29, 1.82) is 0 Å². The summed E-state index contributed by atoms with van der Waals surface area (Å²) in [5, 5.41) is 7.43. The van der Waals surface area contributed by atoms with Crippen LogP contribution in [-0.2, 0) is 4.79 Å². The first-order valence-corrected chi connectivity index (χ1v) is 8.35. The highest BCUT2D eigenvalue weighted by atomic mass is 16.5. The summed E-state index contributed by atoms with van der Waals surface area (Å²) < 4.78 is 5.14. The predicted octanol–water partition coefficient (Wildman–Crippen LogP) is 3.73. The summed E-state index contributed by atoms with van der Waals surface area (Å²) in [6, 6.07) is 15.2. The molecular formula is C20H25N3O2. The van der Waals surface area contributed by atoms with Gasteiger partial charge in [0.2, 0.25) is 0 Å². The van der Waals surface area contributed by atoms with E-state index >= 15 is 0 Å². The highest BCUT2D eigenvalue weighted by Gasteiger charge is 2.15. The third-order valence-electron chi connectivity index (χ3n) is 3.96. The van der Waals surface area contributed by atoms with Gasteiger partial charge in [-0.25, -0.2) is 5.43 Å². The number of amides is 1. The Balaban J connectivity index is 1.98. The normalized spacial score (nSPS) is 12.4. The number of aryl methyl sites for hydroxylation is 1. The molecule has 0 aliphatic heterocycles. The second kappa shape index (κ2) is 8.87. The fraction of sp³-hybridized carbons (Fsp3) is 0.300. The summed E-state index contributed by atoms with van der Waals surface area (Å²) in [6.07, 6.45) is 0.650. The van der Waals surface area contributed by atoms with Crippen molar-refractivity contribution < 1.29 is 9.53 Å². The van der Waals surface area contributed by atoms with Crippen LogP contribution in [0.5, 0.6) is 5.75 Å². The molecule has 0 aromatic heterocycles. The second-order valence-electron chi connectivity index (χ2n) is 5.87. The Morgan fingerprint density at radius 2 is 1.76 bits per heavy atom. The van der Waals surface area contributed by atoms with Crippen LogP contribution in [0.25, 0.3) is 0 Å². The third-order valence-corrected chi connectivity index (χ3v) is 3.96. The lowest BCUT2D eigenvalue weighted by Gasteiger charge is -2.17. The van der Waals surface area contributed by atoms with Gasteiger partial charge in [-0.1, -0.05) is 36.8 Å². The average molecular weight is 339 g/mol. The summed E-state index contributed by atoms with van der Waals surface area (Å²) in [5.41, 5.74) is 6.46. The van der Waals surface area contributed by atoms with Gasteiger partial charge in [0.25, 0.3) is 5.91 Å². The molecule has 1 amide bonds. The Kier molecular flexibility index (Phi) is 6.57. The number of nitrogens with zero attached hydrogens (tertiary/aromatic N) is 1. The van der Waals surface area contributed by atoms with E-state index in [0.717, 1.165) is 22.7 Å². The molecular weight excluding hydrogens is 314 g/mol. The number of anilines is 1. The number of hydrazone groups is 1. The SMILES string of the molecule is CC[C@H](Nc1ccc(OC)cc1)C(=O)NN=C(C)c1ccc(C)cc1. The molecule has 2 aromatic rings. The zero-order valence-electron chi connectivity index (χ0n) is 15.2. The fourth-order valence-electron chi connectivity index (χ4n) is 2.32. The minimum atomic E-state index is -0.358. The summed E-state index contributed by atoms with van der Waals surface area (Å²) in [6.45, 7) is 5.87. The number of benzene rings is 2. The third kappa shape index (κ3) is 5.35. The van der Waals surface area contributed by atoms with Crippen LogP contribution < -0.4 is 15.5 Å². The van der Waals surface area contributed by atoms with Gasteiger partial charge in [-0.05, 0) is 50.1 Å². The maximum Gasteiger partial charge on any atom is 0.262 e. The van der Waals surface area contributed by atoms with Crippen LogP contribution in [0.3, 0.4) is 0 Å². The Morgan fingerprint density at radius 1 is 1.12 bits per heavy atom. The second-order valence-corrected chi connectivity index (χ2v) is 5.87. The fourth-order valence-corrected chi connectivity index (χ4v) is 2.32. The molecule has 0 radical (unpaired) electrons. The number of nitrogens with one attached hydrogen (secondary N) is 2. The average Bonchev–Trinajstić information content (AvgIpc) is 2.65. The quantitative estimate of drug-likeness (QED) is 0.597. The van der Waals surface area contributed by atoms with E-state index in [1.165, 1.54) is 5.56 Å². The Bertz CT molecular complexity index is 722. The van der Waals surface area contributed by atoms with E-state index in [2.05, 4.69) is 15.8 Å². The van der Waals surface area contributed by atoms with E-state index in [9.17, 15) is 4.79 Å². The van der Waals surface area contributed by atoms with Gasteiger partial charge in [0.15, 0.2) is 0 Å². The van der Waals surface area contributed by atoms with Crippen molar-refractivity contribution in [3.05, 3.63) is 59.7 Å². The van der Waals surface area contributed by atoms with E-state index in [4.69, 9.17) is 4.74 Å². The monoisotopic (exact) mass is 339 g/mol. The van der Waals surface area contributed by atoms with Gasteiger partial charge in [0.1, 0.15) is 11.8 Å². The summed E-state index contributed by atoms with van der Waals surface area (Å²) in [7, 11) is 1.62. The van der Waals surface area contributed by atoms with Crippen molar-refractivity contribution in [2.75, 3.05) is 12.4 Å². The van der Waals surface area contributed by atoms with E-state index in [1.54, 1.807) is 7.11 Å². The van der Waals surface area contributed by atoms with Crippen molar-refractivity contribution in [3.8, 4) is 5.75 Å². The van der Waals surface area contributed by atoms with Gasteiger partial charge in [-0.2, -0.15) is 5.10 Å². The lowest BCUT2D eigenvalue weighted by atomic mass is 10.1. The van der Waals surface area contributed by atoms with Crippen molar-refractivity contribution in [2.45, 2.75) is 33.2 Å². The molecule has 25 heavy (non-hydrogen) atoms. The minimum absolute atomic E-state index is 0.162. The molecule has 0 heterocycles. The maximum absolute atomic E-state index is 12.4. The van der Waals surface area contributed by atoms with E-state index < -0.39 is 0 Å². The van der Waals surface area contributed by atoms with E-state index in [0.29, 0.717) is 6.42 Å². The number of hydrogen-bond acceptors (Lipinski definition) is 4. The number of carbonyl (C=O) groups excluding carboxylic acids is 1. The lowest BCUT2D eigenvalue weighted by Crippen LogP contribution is -2.37. The Hall–Kier alpha value is -2.82. The van der Waals surface area contributed by atoms with Crippen molar-refractivity contribution in [1.82, 2.24) is 5.43 Å². The van der Waals surface area contributed by atoms with Gasteiger partial charge in [0, 0.05) is 5.69 Å². The number of ether oxygens (including phenoxy) is 1.